The summed E-state index contributed by atoms with van der Waals surface area (Å²) in [4.78, 5) is 28.9. The van der Waals surface area contributed by atoms with Crippen molar-refractivity contribution in [2.75, 3.05) is 10.6 Å². The molecule has 0 radical (unpaired) electrons. The maximum Gasteiger partial charge on any atom is 0.252 e. The molecule has 2 heterocycles. The zero-order valence-corrected chi connectivity index (χ0v) is 15.2. The highest BCUT2D eigenvalue weighted by Crippen LogP contribution is 2.28. The average Bonchev–Trinajstić information content (AvgIpc) is 3.17. The van der Waals surface area contributed by atoms with Gasteiger partial charge in [-0.2, -0.15) is 4.98 Å². The number of aryl methyl sites for hydroxylation is 1. The molecule has 7 nitrogen and oxygen atoms in total. The molecule has 2 amide bonds. The number of amides is 2. The number of carbonyl (C=O) groups excluding carboxylic acids is 2. The predicted octanol–water partition coefficient (Wildman–Crippen LogP) is 3.43. The normalized spacial score (nSPS) is 15.3. The molecule has 0 saturated carbocycles. The van der Waals surface area contributed by atoms with Crippen LogP contribution in [-0.4, -0.2) is 26.6 Å². The maximum absolute atomic E-state index is 12.3. The second-order valence-electron chi connectivity index (χ2n) is 6.33. The molecule has 8 heteroatoms. The minimum atomic E-state index is -0.737. The van der Waals surface area contributed by atoms with Crippen LogP contribution in [0.4, 0.5) is 11.6 Å². The van der Waals surface area contributed by atoms with Gasteiger partial charge in [0.15, 0.2) is 5.82 Å². The Hall–Kier alpha value is -3.19. The molecule has 1 atom stereocenters. The van der Waals surface area contributed by atoms with Gasteiger partial charge in [-0.1, -0.05) is 41.4 Å². The van der Waals surface area contributed by atoms with E-state index >= 15 is 0 Å². The number of nitrogens with zero attached hydrogens (tertiary/aromatic N) is 3. The summed E-state index contributed by atoms with van der Waals surface area (Å²) in [6.45, 7) is 2.00. The molecule has 2 aromatic carbocycles. The predicted molar refractivity (Wildman–Crippen MR) is 103 cm³/mol. The minimum absolute atomic E-state index is 0.0435. The van der Waals surface area contributed by atoms with E-state index in [9.17, 15) is 9.59 Å². The van der Waals surface area contributed by atoms with Crippen molar-refractivity contribution < 1.29 is 9.59 Å². The van der Waals surface area contributed by atoms with Crippen LogP contribution in [0.15, 0.2) is 48.5 Å². The van der Waals surface area contributed by atoms with Crippen molar-refractivity contribution in [1.82, 2.24) is 14.8 Å². The highest BCUT2D eigenvalue weighted by molar-refractivity contribution is 6.30. The Morgan fingerprint density at radius 2 is 1.89 bits per heavy atom. The molecule has 0 aliphatic carbocycles. The molecular weight excluding hydrogens is 366 g/mol. The summed E-state index contributed by atoms with van der Waals surface area (Å²) in [6.07, 6.45) is -0.0435. The third kappa shape index (κ3) is 3.54. The number of nitrogens with one attached hydrogen (secondary N) is 2. The van der Waals surface area contributed by atoms with E-state index in [4.69, 9.17) is 11.6 Å². The van der Waals surface area contributed by atoms with Crippen molar-refractivity contribution in [3.8, 4) is 11.4 Å². The van der Waals surface area contributed by atoms with Crippen LogP contribution >= 0.6 is 11.6 Å². The first kappa shape index (κ1) is 17.2. The molecule has 4 rings (SSSR count). The Morgan fingerprint density at radius 1 is 1.19 bits per heavy atom. The van der Waals surface area contributed by atoms with Crippen LogP contribution in [-0.2, 0) is 9.59 Å². The summed E-state index contributed by atoms with van der Waals surface area (Å²) in [6, 6.07) is 13.8. The summed E-state index contributed by atoms with van der Waals surface area (Å²) in [5, 5.41) is 10.4. The Labute approximate surface area is 160 Å². The van der Waals surface area contributed by atoms with Crippen molar-refractivity contribution in [3.63, 3.8) is 0 Å². The largest absolute Gasteiger partial charge is 0.326 e. The molecule has 1 aliphatic heterocycles. The van der Waals surface area contributed by atoms with Gasteiger partial charge in [0.1, 0.15) is 6.04 Å². The number of anilines is 2. The van der Waals surface area contributed by atoms with Gasteiger partial charge in [-0.25, -0.2) is 4.68 Å². The summed E-state index contributed by atoms with van der Waals surface area (Å²) in [5.74, 6) is 0.261. The first-order chi connectivity index (χ1) is 13.0. The van der Waals surface area contributed by atoms with E-state index in [0.29, 0.717) is 22.5 Å². The SMILES string of the molecule is Cc1ccc(-c2nc3n(n2)[C@H](CC(=O)Nc2ccc(Cl)cc2)C(=O)N3)cc1. The van der Waals surface area contributed by atoms with Gasteiger partial charge in [0.05, 0.1) is 6.42 Å². The molecule has 0 fully saturated rings. The molecule has 1 aliphatic rings. The molecule has 0 spiro atoms. The van der Waals surface area contributed by atoms with Crippen molar-refractivity contribution in [1.29, 1.82) is 0 Å². The van der Waals surface area contributed by atoms with E-state index in [1.807, 2.05) is 31.2 Å². The van der Waals surface area contributed by atoms with Crippen LogP contribution < -0.4 is 10.6 Å². The van der Waals surface area contributed by atoms with E-state index in [2.05, 4.69) is 20.7 Å². The van der Waals surface area contributed by atoms with E-state index < -0.39 is 6.04 Å². The molecule has 2 N–H and O–H groups in total. The summed E-state index contributed by atoms with van der Waals surface area (Å²) in [5.41, 5.74) is 2.60. The number of halogens is 1. The number of rotatable bonds is 4. The fourth-order valence-corrected chi connectivity index (χ4v) is 2.98. The third-order valence-electron chi connectivity index (χ3n) is 4.28. The monoisotopic (exact) mass is 381 g/mol. The zero-order valence-electron chi connectivity index (χ0n) is 14.4. The second-order valence-corrected chi connectivity index (χ2v) is 6.77. The molecule has 0 bridgehead atoms. The molecular formula is C19H16ClN5O2. The van der Waals surface area contributed by atoms with Crippen LogP contribution in [0.5, 0.6) is 0 Å². The van der Waals surface area contributed by atoms with Crippen molar-refractivity contribution in [2.24, 2.45) is 0 Å². The smallest absolute Gasteiger partial charge is 0.252 e. The van der Waals surface area contributed by atoms with Crippen molar-refractivity contribution >= 4 is 35.1 Å². The fourth-order valence-electron chi connectivity index (χ4n) is 2.86. The number of carbonyl (C=O) groups is 2. The van der Waals surface area contributed by atoms with Crippen LogP contribution in [0.3, 0.4) is 0 Å². The van der Waals surface area contributed by atoms with Gasteiger partial charge < -0.3 is 5.32 Å². The highest BCUT2D eigenvalue weighted by atomic mass is 35.5. The molecule has 136 valence electrons. The van der Waals surface area contributed by atoms with Gasteiger partial charge in [-0.3, -0.25) is 14.9 Å². The molecule has 0 unspecified atom stereocenters. The second kappa shape index (κ2) is 6.85. The van der Waals surface area contributed by atoms with Crippen LogP contribution in [0, 0.1) is 6.92 Å². The lowest BCUT2D eigenvalue weighted by Crippen LogP contribution is -2.23. The lowest BCUT2D eigenvalue weighted by Gasteiger charge is -2.10. The summed E-state index contributed by atoms with van der Waals surface area (Å²) >= 11 is 5.84. The van der Waals surface area contributed by atoms with Crippen LogP contribution in [0.2, 0.25) is 5.02 Å². The van der Waals surface area contributed by atoms with E-state index in [1.54, 1.807) is 24.3 Å². The van der Waals surface area contributed by atoms with Crippen molar-refractivity contribution in [2.45, 2.75) is 19.4 Å². The van der Waals surface area contributed by atoms with Gasteiger partial charge >= 0.3 is 0 Å². The van der Waals surface area contributed by atoms with E-state index in [-0.39, 0.29) is 18.2 Å². The highest BCUT2D eigenvalue weighted by Gasteiger charge is 2.35. The minimum Gasteiger partial charge on any atom is -0.326 e. The third-order valence-corrected chi connectivity index (χ3v) is 4.53. The Kier molecular flexibility index (Phi) is 4.37. The number of hydrogen-bond acceptors (Lipinski definition) is 4. The fraction of sp³-hybridized carbons (Fsp3) is 0.158. The molecule has 3 aromatic rings. The van der Waals surface area contributed by atoms with Crippen molar-refractivity contribution in [3.05, 3.63) is 59.1 Å². The number of hydrogen-bond donors (Lipinski definition) is 2. The first-order valence-corrected chi connectivity index (χ1v) is 8.77. The Bertz CT molecular complexity index is 1010. The summed E-state index contributed by atoms with van der Waals surface area (Å²) in [7, 11) is 0. The standard InChI is InChI=1S/C19H16ClN5O2/c1-11-2-4-12(5-3-11)17-22-19-23-18(27)15(25(19)24-17)10-16(26)21-14-8-6-13(20)7-9-14/h2-9,15H,10H2,1H3,(H,21,26)(H,22,23,24,27)/t15-/m1/s1. The quantitative estimate of drug-likeness (QED) is 0.724. The van der Waals surface area contributed by atoms with E-state index in [0.717, 1.165) is 11.1 Å². The zero-order chi connectivity index (χ0) is 19.0. The maximum atomic E-state index is 12.3. The first-order valence-electron chi connectivity index (χ1n) is 8.39. The van der Waals surface area contributed by atoms with Crippen LogP contribution in [0.25, 0.3) is 11.4 Å². The van der Waals surface area contributed by atoms with Crippen LogP contribution in [0.1, 0.15) is 18.0 Å². The van der Waals surface area contributed by atoms with E-state index in [1.165, 1.54) is 4.68 Å². The Morgan fingerprint density at radius 3 is 2.59 bits per heavy atom. The number of aromatic nitrogens is 3. The molecule has 27 heavy (non-hydrogen) atoms. The molecule has 1 aromatic heterocycles. The van der Waals surface area contributed by atoms with Gasteiger partial charge in [0.25, 0.3) is 5.91 Å². The topological polar surface area (TPSA) is 88.9 Å². The Balaban J connectivity index is 1.51. The lowest BCUT2D eigenvalue weighted by molar-refractivity contribution is -0.123. The number of benzene rings is 2. The van der Waals surface area contributed by atoms with Gasteiger partial charge in [-0.15, -0.1) is 5.10 Å². The lowest BCUT2D eigenvalue weighted by atomic mass is 10.1. The van der Waals surface area contributed by atoms with Gasteiger partial charge in [0.2, 0.25) is 11.9 Å². The number of fused-ring (bicyclic) bond motifs is 1. The van der Waals surface area contributed by atoms with Gasteiger partial charge in [0, 0.05) is 16.3 Å². The summed E-state index contributed by atoms with van der Waals surface area (Å²) < 4.78 is 1.47. The average molecular weight is 382 g/mol. The van der Waals surface area contributed by atoms with Gasteiger partial charge in [-0.05, 0) is 31.2 Å². The molecule has 0 saturated heterocycles.